The summed E-state index contributed by atoms with van der Waals surface area (Å²) in [5, 5.41) is 4.14. The van der Waals surface area contributed by atoms with Gasteiger partial charge in [0.15, 0.2) is 17.3 Å². The van der Waals surface area contributed by atoms with E-state index in [2.05, 4.69) is 5.10 Å². The highest BCUT2D eigenvalue weighted by Crippen LogP contribution is 2.44. The summed E-state index contributed by atoms with van der Waals surface area (Å²) in [5.41, 5.74) is 6.30. The summed E-state index contributed by atoms with van der Waals surface area (Å²) in [5.74, 6) is 0.576. The summed E-state index contributed by atoms with van der Waals surface area (Å²) >= 11 is 5.92. The lowest BCUT2D eigenvalue weighted by molar-refractivity contribution is 0.297. The Bertz CT molecular complexity index is 653. The molecule has 0 aliphatic carbocycles. The summed E-state index contributed by atoms with van der Waals surface area (Å²) in [6.45, 7) is 0.947. The van der Waals surface area contributed by atoms with Crippen molar-refractivity contribution in [1.82, 2.24) is 9.78 Å². The van der Waals surface area contributed by atoms with Crippen LogP contribution in [0.5, 0.6) is 11.5 Å². The molecule has 0 saturated carbocycles. The predicted octanol–water partition coefficient (Wildman–Crippen LogP) is 2.62. The molecule has 0 spiro atoms. The average Bonchev–Trinajstić information content (AvgIpc) is 2.62. The van der Waals surface area contributed by atoms with Gasteiger partial charge < -0.3 is 15.2 Å². The van der Waals surface area contributed by atoms with Crippen molar-refractivity contribution in [3.63, 3.8) is 0 Å². The number of aryl methyl sites for hydroxylation is 1. The lowest BCUT2D eigenvalue weighted by atomic mass is 10.1. The van der Waals surface area contributed by atoms with Gasteiger partial charge in [0, 0.05) is 25.6 Å². The zero-order valence-electron chi connectivity index (χ0n) is 10.8. The van der Waals surface area contributed by atoms with Crippen LogP contribution in [0.1, 0.15) is 6.42 Å². The Balaban J connectivity index is 2.25. The summed E-state index contributed by atoms with van der Waals surface area (Å²) in [4.78, 5) is 0. The SMILES string of the molecule is Cn1nc(-c2c(F)c(Cl)cc3c2OCCCO3)cc1N. The fourth-order valence-corrected chi connectivity index (χ4v) is 2.28. The molecule has 1 aromatic carbocycles. The number of hydrogen-bond acceptors (Lipinski definition) is 4. The Labute approximate surface area is 120 Å². The minimum atomic E-state index is -0.589. The molecule has 2 aromatic rings. The number of nitrogens with zero attached hydrogens (tertiary/aromatic N) is 2. The van der Waals surface area contributed by atoms with Crippen molar-refractivity contribution in [2.24, 2.45) is 7.05 Å². The molecule has 0 radical (unpaired) electrons. The first kappa shape index (κ1) is 13.1. The van der Waals surface area contributed by atoms with Gasteiger partial charge in [-0.1, -0.05) is 11.6 Å². The van der Waals surface area contributed by atoms with Gasteiger partial charge in [-0.05, 0) is 0 Å². The normalized spacial score (nSPS) is 14.2. The maximum atomic E-state index is 14.4. The molecule has 0 bridgehead atoms. The largest absolute Gasteiger partial charge is 0.489 e. The van der Waals surface area contributed by atoms with E-state index >= 15 is 0 Å². The Kier molecular flexibility index (Phi) is 3.17. The van der Waals surface area contributed by atoms with Gasteiger partial charge in [0.1, 0.15) is 11.5 Å². The van der Waals surface area contributed by atoms with Gasteiger partial charge in [-0.25, -0.2) is 4.39 Å². The van der Waals surface area contributed by atoms with Gasteiger partial charge in [0.05, 0.1) is 23.8 Å². The van der Waals surface area contributed by atoms with Crippen LogP contribution < -0.4 is 15.2 Å². The Hall–Kier alpha value is -1.95. The predicted molar refractivity (Wildman–Crippen MR) is 73.6 cm³/mol. The number of ether oxygens (including phenoxy) is 2. The highest BCUT2D eigenvalue weighted by atomic mass is 35.5. The second kappa shape index (κ2) is 4.86. The van der Waals surface area contributed by atoms with Crippen LogP contribution in [0.25, 0.3) is 11.3 Å². The topological polar surface area (TPSA) is 62.3 Å². The standard InChI is InChI=1S/C13H13ClFN3O2/c1-18-10(16)6-8(17-18)11-12(15)7(14)5-9-13(11)20-4-2-3-19-9/h5-6H,2-4,16H2,1H3. The first-order valence-electron chi connectivity index (χ1n) is 6.15. The van der Waals surface area contributed by atoms with Crippen LogP contribution in [0.15, 0.2) is 12.1 Å². The van der Waals surface area contributed by atoms with Crippen LogP contribution >= 0.6 is 11.6 Å². The Morgan fingerprint density at radius 3 is 2.80 bits per heavy atom. The number of nitrogen functional groups attached to an aromatic ring is 1. The molecule has 0 saturated heterocycles. The maximum Gasteiger partial charge on any atom is 0.173 e. The van der Waals surface area contributed by atoms with Crippen LogP contribution in [0, 0.1) is 5.82 Å². The van der Waals surface area contributed by atoms with E-state index in [4.69, 9.17) is 26.8 Å². The summed E-state index contributed by atoms with van der Waals surface area (Å²) in [6, 6.07) is 3.00. The molecule has 2 heterocycles. The number of aromatic nitrogens is 2. The lowest BCUT2D eigenvalue weighted by Crippen LogP contribution is -2.00. The number of hydrogen-bond donors (Lipinski definition) is 1. The monoisotopic (exact) mass is 297 g/mol. The summed E-state index contributed by atoms with van der Waals surface area (Å²) < 4.78 is 27.0. The molecule has 7 heteroatoms. The second-order valence-electron chi connectivity index (χ2n) is 4.50. The first-order chi connectivity index (χ1) is 9.58. The molecular weight excluding hydrogens is 285 g/mol. The molecule has 5 nitrogen and oxygen atoms in total. The molecule has 0 unspecified atom stereocenters. The van der Waals surface area contributed by atoms with Crippen LogP contribution in [-0.4, -0.2) is 23.0 Å². The first-order valence-corrected chi connectivity index (χ1v) is 6.53. The van der Waals surface area contributed by atoms with Crippen molar-refractivity contribution in [3.05, 3.63) is 23.0 Å². The third kappa shape index (κ3) is 2.06. The third-order valence-corrected chi connectivity index (χ3v) is 3.38. The Morgan fingerprint density at radius 1 is 1.35 bits per heavy atom. The zero-order chi connectivity index (χ0) is 14.3. The molecule has 2 N–H and O–H groups in total. The molecule has 20 heavy (non-hydrogen) atoms. The van der Waals surface area contributed by atoms with Gasteiger partial charge in [-0.3, -0.25) is 4.68 Å². The van der Waals surface area contributed by atoms with E-state index in [1.165, 1.54) is 10.7 Å². The van der Waals surface area contributed by atoms with E-state index < -0.39 is 5.82 Å². The molecule has 1 aliphatic rings. The van der Waals surface area contributed by atoms with E-state index in [1.807, 2.05) is 0 Å². The highest BCUT2D eigenvalue weighted by Gasteiger charge is 2.25. The van der Waals surface area contributed by atoms with E-state index in [-0.39, 0.29) is 10.6 Å². The lowest BCUT2D eigenvalue weighted by Gasteiger charge is -2.13. The van der Waals surface area contributed by atoms with Crippen LogP contribution in [-0.2, 0) is 7.05 Å². The van der Waals surface area contributed by atoms with E-state index in [0.717, 1.165) is 6.42 Å². The molecule has 106 valence electrons. The molecule has 0 amide bonds. The van der Waals surface area contributed by atoms with Crippen LogP contribution in [0.4, 0.5) is 10.2 Å². The van der Waals surface area contributed by atoms with E-state index in [9.17, 15) is 4.39 Å². The molecule has 1 aromatic heterocycles. The Morgan fingerprint density at radius 2 is 2.10 bits per heavy atom. The van der Waals surface area contributed by atoms with Crippen molar-refractivity contribution in [1.29, 1.82) is 0 Å². The smallest absolute Gasteiger partial charge is 0.173 e. The minimum Gasteiger partial charge on any atom is -0.489 e. The number of nitrogens with two attached hydrogens (primary N) is 1. The van der Waals surface area contributed by atoms with E-state index in [0.29, 0.717) is 36.2 Å². The van der Waals surface area contributed by atoms with Crippen molar-refractivity contribution >= 4 is 17.4 Å². The van der Waals surface area contributed by atoms with Gasteiger partial charge in [0.2, 0.25) is 0 Å². The molecule has 0 fully saturated rings. The van der Waals surface area contributed by atoms with Crippen LogP contribution in [0.3, 0.4) is 0 Å². The average molecular weight is 298 g/mol. The van der Waals surface area contributed by atoms with Crippen molar-refractivity contribution in [3.8, 4) is 22.8 Å². The van der Waals surface area contributed by atoms with Gasteiger partial charge in [-0.15, -0.1) is 0 Å². The minimum absolute atomic E-state index is 0.0338. The number of benzene rings is 1. The quantitative estimate of drug-likeness (QED) is 0.879. The number of anilines is 1. The van der Waals surface area contributed by atoms with Crippen molar-refractivity contribution in [2.75, 3.05) is 18.9 Å². The molecule has 0 atom stereocenters. The van der Waals surface area contributed by atoms with Gasteiger partial charge in [0.25, 0.3) is 0 Å². The molecule has 1 aliphatic heterocycles. The fourth-order valence-electron chi connectivity index (χ4n) is 2.08. The third-order valence-electron chi connectivity index (χ3n) is 3.10. The molecular formula is C13H13ClFN3O2. The zero-order valence-corrected chi connectivity index (χ0v) is 11.6. The fraction of sp³-hybridized carbons (Fsp3) is 0.308. The van der Waals surface area contributed by atoms with E-state index in [1.54, 1.807) is 13.1 Å². The molecule has 3 rings (SSSR count). The number of fused-ring (bicyclic) bond motifs is 1. The van der Waals surface area contributed by atoms with Crippen LogP contribution in [0.2, 0.25) is 5.02 Å². The summed E-state index contributed by atoms with van der Waals surface area (Å²) in [6.07, 6.45) is 0.720. The second-order valence-corrected chi connectivity index (χ2v) is 4.91. The number of rotatable bonds is 1. The number of halogens is 2. The van der Waals surface area contributed by atoms with Gasteiger partial charge >= 0.3 is 0 Å². The van der Waals surface area contributed by atoms with Gasteiger partial charge in [-0.2, -0.15) is 5.10 Å². The highest BCUT2D eigenvalue weighted by molar-refractivity contribution is 6.31. The summed E-state index contributed by atoms with van der Waals surface area (Å²) in [7, 11) is 1.68. The maximum absolute atomic E-state index is 14.4. The van der Waals surface area contributed by atoms with Crippen molar-refractivity contribution in [2.45, 2.75) is 6.42 Å². The van der Waals surface area contributed by atoms with Crippen molar-refractivity contribution < 1.29 is 13.9 Å².